The lowest BCUT2D eigenvalue weighted by molar-refractivity contribution is 0.686. The van der Waals surface area contributed by atoms with E-state index in [-0.39, 0.29) is 0 Å². The molecule has 1 aromatic carbocycles. The lowest BCUT2D eigenvalue weighted by atomic mass is 9.90. The van der Waals surface area contributed by atoms with Crippen LogP contribution >= 0.6 is 11.3 Å². The van der Waals surface area contributed by atoms with E-state index in [2.05, 4.69) is 36.4 Å². The molecule has 4 rings (SSSR count). The number of rotatable bonds is 4. The maximum Gasteiger partial charge on any atom is 0.194 e. The molecule has 0 spiro atoms. The topological polar surface area (TPSA) is 43.3 Å². The van der Waals surface area contributed by atoms with Crippen molar-refractivity contribution in [3.63, 3.8) is 0 Å². The second-order valence-electron chi connectivity index (χ2n) is 6.72. The molecule has 2 heterocycles. The summed E-state index contributed by atoms with van der Waals surface area (Å²) >= 11 is 1.83. The van der Waals surface area contributed by atoms with E-state index in [0.29, 0.717) is 6.54 Å². The minimum absolute atomic E-state index is 0.662. The molecular weight excluding hydrogens is 314 g/mol. The quantitative estimate of drug-likeness (QED) is 0.769. The molecule has 0 amide bonds. The van der Waals surface area contributed by atoms with Gasteiger partial charge in [0.05, 0.1) is 11.4 Å². The van der Waals surface area contributed by atoms with E-state index in [1.165, 1.54) is 53.1 Å². The van der Waals surface area contributed by atoms with Crippen LogP contribution in [0.3, 0.4) is 0 Å². The first-order valence-corrected chi connectivity index (χ1v) is 9.86. The Labute approximate surface area is 147 Å². The van der Waals surface area contributed by atoms with Crippen molar-refractivity contribution in [2.75, 3.05) is 6.54 Å². The van der Waals surface area contributed by atoms with Gasteiger partial charge in [0.25, 0.3) is 0 Å². The Balaban J connectivity index is 1.94. The van der Waals surface area contributed by atoms with Crippen LogP contribution in [0.15, 0.2) is 18.2 Å². The van der Waals surface area contributed by atoms with E-state index in [1.54, 1.807) is 5.56 Å². The van der Waals surface area contributed by atoms with Crippen molar-refractivity contribution >= 4 is 16.3 Å². The minimum atomic E-state index is 0.662. The van der Waals surface area contributed by atoms with Crippen LogP contribution in [0.25, 0.3) is 16.2 Å². The van der Waals surface area contributed by atoms with E-state index in [9.17, 15) is 0 Å². The van der Waals surface area contributed by atoms with Gasteiger partial charge in [-0.25, -0.2) is 4.98 Å². The molecule has 0 radical (unpaired) electrons. The number of nitrogens with two attached hydrogens (primary N) is 1. The molecule has 3 aromatic rings. The highest BCUT2D eigenvalue weighted by Crippen LogP contribution is 2.36. The highest BCUT2D eigenvalue weighted by atomic mass is 32.1. The maximum atomic E-state index is 5.86. The van der Waals surface area contributed by atoms with E-state index < -0.39 is 0 Å². The molecular formula is C20H25N3S. The summed E-state index contributed by atoms with van der Waals surface area (Å²) in [4.78, 5) is 7.33. The fraction of sp³-hybridized carbons (Fsp3) is 0.450. The monoisotopic (exact) mass is 339 g/mol. The molecule has 0 atom stereocenters. The Morgan fingerprint density at radius 1 is 1.21 bits per heavy atom. The van der Waals surface area contributed by atoms with Gasteiger partial charge in [-0.1, -0.05) is 19.1 Å². The average molecular weight is 340 g/mol. The first-order valence-electron chi connectivity index (χ1n) is 9.04. The van der Waals surface area contributed by atoms with Crippen molar-refractivity contribution in [1.82, 2.24) is 9.38 Å². The van der Waals surface area contributed by atoms with E-state index >= 15 is 0 Å². The van der Waals surface area contributed by atoms with Crippen molar-refractivity contribution in [3.05, 3.63) is 45.6 Å². The second kappa shape index (κ2) is 6.34. The number of hydrogen-bond donors (Lipinski definition) is 1. The third-order valence-corrected chi connectivity index (χ3v) is 6.35. The van der Waals surface area contributed by atoms with Crippen LogP contribution in [0.5, 0.6) is 0 Å². The fourth-order valence-electron chi connectivity index (χ4n) is 3.96. The number of nitrogens with zero attached hydrogens (tertiary/aromatic N) is 2. The van der Waals surface area contributed by atoms with Crippen LogP contribution in [0, 0.1) is 6.92 Å². The van der Waals surface area contributed by atoms with Gasteiger partial charge in [0.1, 0.15) is 0 Å². The van der Waals surface area contributed by atoms with Gasteiger partial charge in [-0.2, -0.15) is 0 Å². The summed E-state index contributed by atoms with van der Waals surface area (Å²) in [6.07, 6.45) is 7.02. The summed E-state index contributed by atoms with van der Waals surface area (Å²) in [6.45, 7) is 5.01. The Bertz CT molecular complexity index is 888. The predicted molar refractivity (Wildman–Crippen MR) is 102 cm³/mol. The first-order chi connectivity index (χ1) is 11.7. The van der Waals surface area contributed by atoms with Gasteiger partial charge in [-0.05, 0) is 68.3 Å². The molecule has 3 nitrogen and oxygen atoms in total. The smallest absolute Gasteiger partial charge is 0.194 e. The van der Waals surface area contributed by atoms with E-state index in [1.807, 2.05) is 11.3 Å². The lowest BCUT2D eigenvalue weighted by Gasteiger charge is -2.17. The Morgan fingerprint density at radius 2 is 2.00 bits per heavy atom. The standard InChI is InChI=1S/C20H25N3S/c1-3-18-19(16-9-8-14-6-4-5-7-15(14)12-16)23-17(10-11-21)13(2)22-20(23)24-18/h8-9,12H,3-7,10-11,21H2,1-2H3. The largest absolute Gasteiger partial charge is 0.330 e. The van der Waals surface area contributed by atoms with Crippen molar-refractivity contribution in [2.24, 2.45) is 5.73 Å². The van der Waals surface area contributed by atoms with Gasteiger partial charge in [-0.3, -0.25) is 4.40 Å². The highest BCUT2D eigenvalue weighted by Gasteiger charge is 2.20. The summed E-state index contributed by atoms with van der Waals surface area (Å²) in [5.41, 5.74) is 14.0. The van der Waals surface area contributed by atoms with E-state index in [0.717, 1.165) is 23.5 Å². The van der Waals surface area contributed by atoms with Gasteiger partial charge < -0.3 is 5.73 Å². The Kier molecular flexibility index (Phi) is 4.19. The normalized spacial score (nSPS) is 14.3. The molecule has 2 aromatic heterocycles. The number of aromatic nitrogens is 2. The summed E-state index contributed by atoms with van der Waals surface area (Å²) in [5, 5.41) is 0. The van der Waals surface area contributed by atoms with Crippen LogP contribution in [-0.2, 0) is 25.7 Å². The number of aryl methyl sites for hydroxylation is 4. The third-order valence-electron chi connectivity index (χ3n) is 5.17. The minimum Gasteiger partial charge on any atom is -0.330 e. The van der Waals surface area contributed by atoms with Crippen LogP contribution in [0.2, 0.25) is 0 Å². The van der Waals surface area contributed by atoms with Crippen LogP contribution in [0.1, 0.15) is 47.2 Å². The van der Waals surface area contributed by atoms with Crippen molar-refractivity contribution in [2.45, 2.75) is 52.4 Å². The fourth-order valence-corrected chi connectivity index (χ4v) is 5.10. The molecule has 4 heteroatoms. The molecule has 1 aliphatic carbocycles. The van der Waals surface area contributed by atoms with Gasteiger partial charge >= 0.3 is 0 Å². The number of fused-ring (bicyclic) bond motifs is 2. The Hall–Kier alpha value is -1.65. The molecule has 126 valence electrons. The van der Waals surface area contributed by atoms with Gasteiger partial charge in [-0.15, -0.1) is 11.3 Å². The molecule has 1 aliphatic rings. The SMILES string of the molecule is CCc1sc2nc(C)c(CCN)n2c1-c1ccc2c(c1)CCCC2. The van der Waals surface area contributed by atoms with Crippen LogP contribution in [0.4, 0.5) is 0 Å². The lowest BCUT2D eigenvalue weighted by Crippen LogP contribution is -2.07. The van der Waals surface area contributed by atoms with Crippen molar-refractivity contribution < 1.29 is 0 Å². The predicted octanol–water partition coefficient (Wildman–Crippen LogP) is 4.31. The molecule has 0 saturated carbocycles. The van der Waals surface area contributed by atoms with Crippen LogP contribution in [-0.4, -0.2) is 15.9 Å². The second-order valence-corrected chi connectivity index (χ2v) is 7.78. The third kappa shape index (κ3) is 2.49. The van der Waals surface area contributed by atoms with Gasteiger partial charge in [0.2, 0.25) is 0 Å². The number of imidazole rings is 1. The van der Waals surface area contributed by atoms with Crippen molar-refractivity contribution in [1.29, 1.82) is 0 Å². The van der Waals surface area contributed by atoms with Crippen LogP contribution < -0.4 is 5.73 Å². The number of thiazole rings is 1. The Morgan fingerprint density at radius 3 is 2.75 bits per heavy atom. The maximum absolute atomic E-state index is 5.86. The summed E-state index contributed by atoms with van der Waals surface area (Å²) in [6, 6.07) is 7.09. The molecule has 0 unspecified atom stereocenters. The summed E-state index contributed by atoms with van der Waals surface area (Å²) in [7, 11) is 0. The summed E-state index contributed by atoms with van der Waals surface area (Å²) in [5.74, 6) is 0. The molecule has 2 N–H and O–H groups in total. The first kappa shape index (κ1) is 15.9. The molecule has 0 bridgehead atoms. The average Bonchev–Trinajstić information content (AvgIpc) is 3.10. The zero-order valence-electron chi connectivity index (χ0n) is 14.6. The van der Waals surface area contributed by atoms with Crippen molar-refractivity contribution in [3.8, 4) is 11.3 Å². The zero-order valence-corrected chi connectivity index (χ0v) is 15.4. The molecule has 0 saturated heterocycles. The molecule has 24 heavy (non-hydrogen) atoms. The highest BCUT2D eigenvalue weighted by molar-refractivity contribution is 7.17. The van der Waals surface area contributed by atoms with Gasteiger partial charge in [0.15, 0.2) is 4.96 Å². The molecule has 0 fully saturated rings. The van der Waals surface area contributed by atoms with E-state index in [4.69, 9.17) is 10.7 Å². The number of benzene rings is 1. The zero-order chi connectivity index (χ0) is 16.7. The number of hydrogen-bond acceptors (Lipinski definition) is 3. The van der Waals surface area contributed by atoms with Gasteiger partial charge in [0, 0.05) is 17.0 Å². The molecule has 0 aliphatic heterocycles. The summed E-state index contributed by atoms with van der Waals surface area (Å²) < 4.78 is 2.37.